The van der Waals surface area contributed by atoms with Crippen LogP contribution in [0.5, 0.6) is 0 Å². The van der Waals surface area contributed by atoms with Crippen molar-refractivity contribution in [2.45, 2.75) is 26.3 Å². The molecule has 136 valence electrons. The van der Waals surface area contributed by atoms with Crippen molar-refractivity contribution in [1.82, 2.24) is 9.80 Å². The quantitative estimate of drug-likeness (QED) is 0.868. The molecule has 3 amide bonds. The maximum absolute atomic E-state index is 12.2. The number of rotatable bonds is 5. The van der Waals surface area contributed by atoms with Crippen molar-refractivity contribution in [2.75, 3.05) is 43.9 Å². The Labute approximate surface area is 148 Å². The lowest BCUT2D eigenvalue weighted by Crippen LogP contribution is -2.39. The fraction of sp³-hybridized carbons (Fsp3) is 0.500. The molecule has 1 saturated heterocycles. The molecule has 0 aliphatic carbocycles. The fourth-order valence-corrected chi connectivity index (χ4v) is 2.88. The smallest absolute Gasteiger partial charge is 0.238 e. The van der Waals surface area contributed by atoms with Gasteiger partial charge in [-0.25, -0.2) is 0 Å². The first-order chi connectivity index (χ1) is 11.8. The first-order valence-corrected chi connectivity index (χ1v) is 8.38. The zero-order chi connectivity index (χ0) is 18.6. The number of anilines is 2. The van der Waals surface area contributed by atoms with Crippen LogP contribution in [0.2, 0.25) is 0 Å². The molecule has 1 N–H and O–H groups in total. The minimum atomic E-state index is -0.0844. The molecular weight excluding hydrogens is 320 g/mol. The molecule has 0 saturated carbocycles. The molecule has 0 spiro atoms. The maximum Gasteiger partial charge on any atom is 0.238 e. The van der Waals surface area contributed by atoms with Gasteiger partial charge in [0.05, 0.1) is 6.54 Å². The predicted molar refractivity (Wildman–Crippen MR) is 97.4 cm³/mol. The number of amides is 3. The van der Waals surface area contributed by atoms with Gasteiger partial charge in [0.2, 0.25) is 17.7 Å². The molecule has 0 aromatic heterocycles. The van der Waals surface area contributed by atoms with Gasteiger partial charge in [-0.05, 0) is 30.7 Å². The highest BCUT2D eigenvalue weighted by Crippen LogP contribution is 2.18. The van der Waals surface area contributed by atoms with Gasteiger partial charge in [-0.15, -0.1) is 0 Å². The summed E-state index contributed by atoms with van der Waals surface area (Å²) in [6.07, 6.45) is 0.884. The molecule has 1 aliphatic heterocycles. The number of likely N-dealkylation sites (N-methyl/N-ethyl adjacent to an activating group) is 1. The average Bonchev–Trinajstić information content (AvgIpc) is 3.02. The highest BCUT2D eigenvalue weighted by Gasteiger charge is 2.27. The average molecular weight is 346 g/mol. The van der Waals surface area contributed by atoms with Crippen LogP contribution in [0.15, 0.2) is 24.3 Å². The Morgan fingerprint density at radius 3 is 2.32 bits per heavy atom. The first kappa shape index (κ1) is 18.9. The molecule has 2 rings (SSSR count). The number of carbonyl (C=O) groups excluding carboxylic acids is 3. The van der Waals surface area contributed by atoms with Crippen LogP contribution in [0, 0.1) is 0 Å². The minimum Gasteiger partial charge on any atom is -0.342 e. The van der Waals surface area contributed by atoms with Gasteiger partial charge in [0.25, 0.3) is 0 Å². The summed E-state index contributed by atoms with van der Waals surface area (Å²) in [5, 5.41) is 2.87. The van der Waals surface area contributed by atoms with Gasteiger partial charge in [-0.3, -0.25) is 19.3 Å². The minimum absolute atomic E-state index is 0.0455. The Kier molecular flexibility index (Phi) is 6.14. The van der Waals surface area contributed by atoms with Crippen LogP contribution in [0.1, 0.15) is 20.3 Å². The zero-order valence-electron chi connectivity index (χ0n) is 15.3. The SMILES string of the molecule is CC(=O)N(C)c1ccc(NC(=O)CN2CCC(N(C)C(C)=O)C2)cc1. The Morgan fingerprint density at radius 2 is 1.76 bits per heavy atom. The van der Waals surface area contributed by atoms with E-state index in [1.165, 1.54) is 6.92 Å². The number of hydrogen-bond donors (Lipinski definition) is 1. The number of likely N-dealkylation sites (tertiary alicyclic amines) is 1. The second kappa shape index (κ2) is 8.11. The monoisotopic (exact) mass is 346 g/mol. The number of benzene rings is 1. The van der Waals surface area contributed by atoms with Gasteiger partial charge < -0.3 is 15.1 Å². The third kappa shape index (κ3) is 5.03. The van der Waals surface area contributed by atoms with E-state index in [2.05, 4.69) is 10.2 Å². The summed E-state index contributed by atoms with van der Waals surface area (Å²) in [5.74, 6) is -0.0818. The lowest BCUT2D eigenvalue weighted by atomic mass is 10.2. The van der Waals surface area contributed by atoms with Crippen LogP contribution in [0.25, 0.3) is 0 Å². The summed E-state index contributed by atoms with van der Waals surface area (Å²) < 4.78 is 0. The van der Waals surface area contributed by atoms with E-state index < -0.39 is 0 Å². The molecule has 1 aliphatic rings. The zero-order valence-corrected chi connectivity index (χ0v) is 15.3. The molecule has 25 heavy (non-hydrogen) atoms. The summed E-state index contributed by atoms with van der Waals surface area (Å²) in [4.78, 5) is 40.3. The van der Waals surface area contributed by atoms with Gasteiger partial charge in [0.1, 0.15) is 0 Å². The van der Waals surface area contributed by atoms with Gasteiger partial charge >= 0.3 is 0 Å². The maximum atomic E-state index is 12.2. The molecule has 0 bridgehead atoms. The van der Waals surface area contributed by atoms with Gasteiger partial charge in [0.15, 0.2) is 0 Å². The first-order valence-electron chi connectivity index (χ1n) is 8.38. The summed E-state index contributed by atoms with van der Waals surface area (Å²) in [7, 11) is 3.51. The van der Waals surface area contributed by atoms with Crippen molar-refractivity contribution in [3.8, 4) is 0 Å². The molecule has 7 nitrogen and oxygen atoms in total. The lowest BCUT2D eigenvalue weighted by Gasteiger charge is -2.23. The fourth-order valence-electron chi connectivity index (χ4n) is 2.88. The Balaban J connectivity index is 1.85. The summed E-state index contributed by atoms with van der Waals surface area (Å²) in [6, 6.07) is 7.33. The van der Waals surface area contributed by atoms with Crippen molar-refractivity contribution >= 4 is 29.1 Å². The third-order valence-electron chi connectivity index (χ3n) is 4.67. The van der Waals surface area contributed by atoms with Crippen LogP contribution in [0.4, 0.5) is 11.4 Å². The summed E-state index contributed by atoms with van der Waals surface area (Å²) in [5.41, 5.74) is 1.47. The van der Waals surface area contributed by atoms with Crippen molar-refractivity contribution in [3.63, 3.8) is 0 Å². The van der Waals surface area contributed by atoms with Crippen molar-refractivity contribution in [3.05, 3.63) is 24.3 Å². The van der Waals surface area contributed by atoms with Gasteiger partial charge in [-0.1, -0.05) is 0 Å². The van der Waals surface area contributed by atoms with Crippen molar-refractivity contribution in [2.24, 2.45) is 0 Å². The van der Waals surface area contributed by atoms with E-state index in [-0.39, 0.29) is 23.8 Å². The van der Waals surface area contributed by atoms with Crippen LogP contribution >= 0.6 is 0 Å². The molecule has 7 heteroatoms. The van der Waals surface area contributed by atoms with Crippen LogP contribution in [-0.2, 0) is 14.4 Å². The number of hydrogen-bond acceptors (Lipinski definition) is 4. The van der Waals surface area contributed by atoms with Gasteiger partial charge in [-0.2, -0.15) is 0 Å². The van der Waals surface area contributed by atoms with Gasteiger partial charge in [0, 0.05) is 58.4 Å². The van der Waals surface area contributed by atoms with Crippen LogP contribution in [0.3, 0.4) is 0 Å². The van der Waals surface area contributed by atoms with E-state index in [1.807, 2.05) is 0 Å². The standard InChI is InChI=1S/C18H26N4O3/c1-13(23)20(3)16-7-5-15(6-8-16)19-18(25)12-22-10-9-17(11-22)21(4)14(2)24/h5-8,17H,9-12H2,1-4H3,(H,19,25). The molecule has 1 aromatic carbocycles. The third-order valence-corrected chi connectivity index (χ3v) is 4.67. The summed E-state index contributed by atoms with van der Waals surface area (Å²) >= 11 is 0. The molecule has 1 atom stereocenters. The van der Waals surface area contributed by atoms with Crippen LogP contribution in [-0.4, -0.2) is 67.3 Å². The van der Waals surface area contributed by atoms with Crippen molar-refractivity contribution in [1.29, 1.82) is 0 Å². The number of nitrogens with one attached hydrogen (secondary N) is 1. The molecule has 1 fully saturated rings. The highest BCUT2D eigenvalue weighted by molar-refractivity contribution is 5.93. The van der Waals surface area contributed by atoms with E-state index in [4.69, 9.17) is 0 Å². The highest BCUT2D eigenvalue weighted by atomic mass is 16.2. The van der Waals surface area contributed by atoms with E-state index in [1.54, 1.807) is 55.1 Å². The second-order valence-corrected chi connectivity index (χ2v) is 6.48. The Morgan fingerprint density at radius 1 is 1.12 bits per heavy atom. The lowest BCUT2D eigenvalue weighted by molar-refractivity contribution is -0.129. The van der Waals surface area contributed by atoms with Crippen molar-refractivity contribution < 1.29 is 14.4 Å². The van der Waals surface area contributed by atoms with E-state index in [0.29, 0.717) is 18.8 Å². The van der Waals surface area contributed by atoms with E-state index >= 15 is 0 Å². The normalized spacial score (nSPS) is 17.2. The molecule has 1 unspecified atom stereocenters. The molecular formula is C18H26N4O3. The van der Waals surface area contributed by atoms with Crippen LogP contribution < -0.4 is 10.2 Å². The topological polar surface area (TPSA) is 73.0 Å². The van der Waals surface area contributed by atoms with E-state index in [9.17, 15) is 14.4 Å². The Hall–Kier alpha value is -2.41. The molecule has 1 heterocycles. The molecule has 1 aromatic rings. The predicted octanol–water partition coefficient (Wildman–Crippen LogP) is 1.16. The largest absolute Gasteiger partial charge is 0.342 e. The second-order valence-electron chi connectivity index (χ2n) is 6.48. The Bertz CT molecular complexity index is 644. The number of carbonyl (C=O) groups is 3. The number of nitrogens with zero attached hydrogens (tertiary/aromatic N) is 3. The molecule has 0 radical (unpaired) electrons. The summed E-state index contributed by atoms with van der Waals surface area (Å²) in [6.45, 7) is 4.88. The van der Waals surface area contributed by atoms with E-state index in [0.717, 1.165) is 18.7 Å².